The summed E-state index contributed by atoms with van der Waals surface area (Å²) in [6.45, 7) is 3.96. The molecule has 1 N–H and O–H groups in total. The van der Waals surface area contributed by atoms with Gasteiger partial charge >= 0.3 is 5.97 Å². The van der Waals surface area contributed by atoms with Gasteiger partial charge in [-0.2, -0.15) is 0 Å². The molecule has 0 heterocycles. The molecule has 0 rings (SSSR count). The summed E-state index contributed by atoms with van der Waals surface area (Å²) < 4.78 is 0. The normalized spacial score (nSPS) is 13.2. The van der Waals surface area contributed by atoms with Gasteiger partial charge in [0.1, 0.15) is 0 Å². The van der Waals surface area contributed by atoms with Crippen LogP contribution in [0.1, 0.15) is 26.7 Å². The zero-order chi connectivity index (χ0) is 9.56. The molecule has 0 aromatic heterocycles. The lowest BCUT2D eigenvalue weighted by atomic mass is 10.0. The highest BCUT2D eigenvalue weighted by Crippen LogP contribution is 2.06. The molecule has 1 atom stereocenters. The predicted octanol–water partition coefficient (Wildman–Crippen LogP) is 1.63. The molecule has 0 aliphatic heterocycles. The highest BCUT2D eigenvalue weighted by atomic mass is 16.4. The van der Waals surface area contributed by atoms with Crippen molar-refractivity contribution < 1.29 is 14.7 Å². The van der Waals surface area contributed by atoms with Crippen LogP contribution in [-0.2, 0) is 9.59 Å². The molecule has 3 heteroatoms. The second kappa shape index (κ2) is 5.52. The molecule has 1 unspecified atom stereocenters. The Morgan fingerprint density at radius 2 is 2.00 bits per heavy atom. The summed E-state index contributed by atoms with van der Waals surface area (Å²) in [6, 6.07) is 0. The van der Waals surface area contributed by atoms with Crippen LogP contribution in [0.25, 0.3) is 0 Å². The van der Waals surface area contributed by atoms with E-state index in [-0.39, 0.29) is 5.78 Å². The van der Waals surface area contributed by atoms with Crippen LogP contribution < -0.4 is 0 Å². The minimum atomic E-state index is -1.08. The zero-order valence-corrected chi connectivity index (χ0v) is 7.41. The first-order valence-corrected chi connectivity index (χ1v) is 4.00. The number of carboxylic acid groups (broad SMARTS) is 1. The van der Waals surface area contributed by atoms with Gasteiger partial charge in [0, 0.05) is 12.5 Å². The second-order valence-electron chi connectivity index (χ2n) is 2.86. The maximum absolute atomic E-state index is 11.0. The van der Waals surface area contributed by atoms with Crippen molar-refractivity contribution >= 4 is 11.8 Å². The van der Waals surface area contributed by atoms with Gasteiger partial charge in [0.15, 0.2) is 5.78 Å². The van der Waals surface area contributed by atoms with E-state index in [1.165, 1.54) is 0 Å². The number of hydrogen-bond donors (Lipinski definition) is 1. The van der Waals surface area contributed by atoms with E-state index < -0.39 is 5.97 Å². The molecule has 0 spiro atoms. The molecule has 12 heavy (non-hydrogen) atoms. The topological polar surface area (TPSA) is 54.4 Å². The van der Waals surface area contributed by atoms with Gasteiger partial charge in [0.05, 0.1) is 0 Å². The lowest BCUT2D eigenvalue weighted by Crippen LogP contribution is -2.02. The largest absolute Gasteiger partial charge is 0.478 e. The van der Waals surface area contributed by atoms with Crippen LogP contribution in [0.4, 0.5) is 0 Å². The van der Waals surface area contributed by atoms with E-state index in [4.69, 9.17) is 5.11 Å². The number of rotatable bonds is 5. The molecule has 68 valence electrons. The summed E-state index contributed by atoms with van der Waals surface area (Å²) in [5, 5.41) is 8.21. The van der Waals surface area contributed by atoms with Gasteiger partial charge < -0.3 is 5.11 Å². The molecule has 0 aliphatic rings. The second-order valence-corrected chi connectivity index (χ2v) is 2.86. The number of carbonyl (C=O) groups excluding carboxylic acids is 1. The minimum absolute atomic E-state index is 0.119. The average molecular weight is 170 g/mol. The van der Waals surface area contributed by atoms with Gasteiger partial charge in [-0.15, -0.1) is 0 Å². The van der Waals surface area contributed by atoms with Gasteiger partial charge in [-0.3, -0.25) is 4.79 Å². The number of hydrogen-bond acceptors (Lipinski definition) is 2. The lowest BCUT2D eigenvalue weighted by molar-refractivity contribution is -0.131. The third-order valence-corrected chi connectivity index (χ3v) is 1.66. The number of carboxylic acids is 1. The first-order chi connectivity index (χ1) is 5.56. The van der Waals surface area contributed by atoms with Crippen molar-refractivity contribution in [1.29, 1.82) is 0 Å². The first kappa shape index (κ1) is 10.9. The summed E-state index contributed by atoms with van der Waals surface area (Å²) in [4.78, 5) is 21.0. The first-order valence-electron chi connectivity index (χ1n) is 4.00. The molecule has 0 saturated heterocycles. The van der Waals surface area contributed by atoms with E-state index in [1.807, 2.05) is 13.8 Å². The van der Waals surface area contributed by atoms with E-state index in [2.05, 4.69) is 0 Å². The van der Waals surface area contributed by atoms with Crippen molar-refractivity contribution in [2.45, 2.75) is 26.7 Å². The Labute approximate surface area is 72.1 Å². The summed E-state index contributed by atoms with van der Waals surface area (Å²) in [5.41, 5.74) is 0. The summed E-state index contributed by atoms with van der Waals surface area (Å²) in [5.74, 6) is -0.866. The maximum Gasteiger partial charge on any atom is 0.328 e. The van der Waals surface area contributed by atoms with Gasteiger partial charge in [0.2, 0.25) is 0 Å². The van der Waals surface area contributed by atoms with Crippen molar-refractivity contribution in [3.8, 4) is 0 Å². The Bertz CT molecular complexity index is 194. The van der Waals surface area contributed by atoms with E-state index in [9.17, 15) is 9.59 Å². The molecule has 0 amide bonds. The van der Waals surface area contributed by atoms with Crippen LogP contribution >= 0.6 is 0 Å². The van der Waals surface area contributed by atoms with E-state index in [0.29, 0.717) is 12.3 Å². The molecule has 0 aromatic carbocycles. The Hall–Kier alpha value is -1.12. The van der Waals surface area contributed by atoms with Crippen molar-refractivity contribution in [2.75, 3.05) is 0 Å². The Morgan fingerprint density at radius 1 is 1.42 bits per heavy atom. The Balaban J connectivity index is 3.81. The summed E-state index contributed by atoms with van der Waals surface area (Å²) in [7, 11) is 0. The number of aliphatic carboxylic acids is 1. The third-order valence-electron chi connectivity index (χ3n) is 1.66. The van der Waals surface area contributed by atoms with E-state index >= 15 is 0 Å². The zero-order valence-electron chi connectivity index (χ0n) is 7.41. The van der Waals surface area contributed by atoms with Gasteiger partial charge in [-0.25, -0.2) is 4.79 Å². The minimum Gasteiger partial charge on any atom is -0.478 e. The standard InChI is InChI=1S/C9H14O3/c1-3-7(2)6-8(10)4-5-9(11)12/h4-5,7H,3,6H2,1-2H3,(H,11,12)/b5-4+. The molecule has 0 fully saturated rings. The van der Waals surface area contributed by atoms with Crippen LogP contribution in [0.5, 0.6) is 0 Å². The predicted molar refractivity (Wildman–Crippen MR) is 45.9 cm³/mol. The van der Waals surface area contributed by atoms with Crippen LogP contribution in [-0.4, -0.2) is 16.9 Å². The summed E-state index contributed by atoms with van der Waals surface area (Å²) in [6.07, 6.45) is 3.37. The fraction of sp³-hybridized carbons (Fsp3) is 0.556. The smallest absolute Gasteiger partial charge is 0.328 e. The molecule has 0 aromatic rings. The van der Waals surface area contributed by atoms with Gasteiger partial charge in [-0.1, -0.05) is 20.3 Å². The number of ketones is 1. The monoisotopic (exact) mass is 170 g/mol. The highest BCUT2D eigenvalue weighted by molar-refractivity contribution is 5.95. The summed E-state index contributed by atoms with van der Waals surface area (Å²) >= 11 is 0. The molecule has 0 aliphatic carbocycles. The fourth-order valence-corrected chi connectivity index (χ4v) is 0.720. The number of allylic oxidation sites excluding steroid dienone is 1. The Morgan fingerprint density at radius 3 is 2.42 bits per heavy atom. The molecular formula is C9H14O3. The number of carbonyl (C=O) groups is 2. The quantitative estimate of drug-likeness (QED) is 0.638. The van der Waals surface area contributed by atoms with Crippen molar-refractivity contribution in [3.05, 3.63) is 12.2 Å². The van der Waals surface area contributed by atoms with Crippen LogP contribution in [0, 0.1) is 5.92 Å². The fourth-order valence-electron chi connectivity index (χ4n) is 0.720. The lowest BCUT2D eigenvalue weighted by Gasteiger charge is -2.02. The van der Waals surface area contributed by atoms with Crippen molar-refractivity contribution in [1.82, 2.24) is 0 Å². The molecule has 0 bridgehead atoms. The SMILES string of the molecule is CCC(C)CC(=O)/C=C/C(=O)O. The molecule has 0 saturated carbocycles. The molecule has 0 radical (unpaired) electrons. The third kappa shape index (κ3) is 5.65. The Kier molecular flexibility index (Phi) is 5.00. The van der Waals surface area contributed by atoms with Gasteiger partial charge in [-0.05, 0) is 12.0 Å². The van der Waals surface area contributed by atoms with Crippen molar-refractivity contribution in [3.63, 3.8) is 0 Å². The van der Waals surface area contributed by atoms with E-state index in [1.54, 1.807) is 0 Å². The molecular weight excluding hydrogens is 156 g/mol. The van der Waals surface area contributed by atoms with E-state index in [0.717, 1.165) is 18.6 Å². The maximum atomic E-state index is 11.0. The average Bonchev–Trinajstić information content (AvgIpc) is 2.00. The molecule has 3 nitrogen and oxygen atoms in total. The van der Waals surface area contributed by atoms with Crippen LogP contribution in [0.15, 0.2) is 12.2 Å². The van der Waals surface area contributed by atoms with Crippen LogP contribution in [0.2, 0.25) is 0 Å². The highest BCUT2D eigenvalue weighted by Gasteiger charge is 2.03. The van der Waals surface area contributed by atoms with Gasteiger partial charge in [0.25, 0.3) is 0 Å². The van der Waals surface area contributed by atoms with Crippen molar-refractivity contribution in [2.24, 2.45) is 5.92 Å². The van der Waals surface area contributed by atoms with Crippen LogP contribution in [0.3, 0.4) is 0 Å².